The molecule has 1 aliphatic heterocycles. The van der Waals surface area contributed by atoms with Crippen LogP contribution >= 0.6 is 0 Å². The molecular formula is C13H18N2O4. The highest BCUT2D eigenvalue weighted by Crippen LogP contribution is 2.25. The van der Waals surface area contributed by atoms with Crippen LogP contribution in [0.25, 0.3) is 0 Å². The van der Waals surface area contributed by atoms with Crippen LogP contribution in [0.1, 0.15) is 26.3 Å². The van der Waals surface area contributed by atoms with E-state index in [1.807, 2.05) is 0 Å². The Hall–Kier alpha value is -2.11. The number of rotatable bonds is 1. The number of nitro benzene ring substituents is 1. The molecule has 2 N–H and O–H groups in total. The standard InChI is InChI=1S/C8H8N2O2.C5H10O2/c11-10(12)7-1-2-8-6(5-7)3-4-9-8;1-5(2,3)4(6)7/h1-2,5,9H,3-4H2;1-3H3,(H,6,7). The molecule has 104 valence electrons. The minimum atomic E-state index is -0.757. The van der Waals surface area contributed by atoms with Gasteiger partial charge in [0.2, 0.25) is 0 Å². The van der Waals surface area contributed by atoms with Crippen molar-refractivity contribution in [2.45, 2.75) is 27.2 Å². The van der Waals surface area contributed by atoms with E-state index in [1.165, 1.54) is 6.07 Å². The molecule has 19 heavy (non-hydrogen) atoms. The van der Waals surface area contributed by atoms with E-state index in [0.717, 1.165) is 24.2 Å². The smallest absolute Gasteiger partial charge is 0.308 e. The fourth-order valence-corrected chi connectivity index (χ4v) is 1.40. The Balaban J connectivity index is 0.000000224. The van der Waals surface area contributed by atoms with E-state index in [4.69, 9.17) is 5.11 Å². The van der Waals surface area contributed by atoms with Crippen LogP contribution in [0.3, 0.4) is 0 Å². The molecule has 0 saturated carbocycles. The summed E-state index contributed by atoms with van der Waals surface area (Å²) in [7, 11) is 0. The van der Waals surface area contributed by atoms with Gasteiger partial charge in [-0.3, -0.25) is 14.9 Å². The summed E-state index contributed by atoms with van der Waals surface area (Å²) >= 11 is 0. The first-order valence-electron chi connectivity index (χ1n) is 5.96. The zero-order valence-corrected chi connectivity index (χ0v) is 11.3. The fourth-order valence-electron chi connectivity index (χ4n) is 1.40. The summed E-state index contributed by atoms with van der Waals surface area (Å²) in [6.07, 6.45) is 0.886. The van der Waals surface area contributed by atoms with Crippen molar-refractivity contribution >= 4 is 17.3 Å². The lowest BCUT2D eigenvalue weighted by atomic mass is 9.98. The average Bonchev–Trinajstić information content (AvgIpc) is 2.74. The topological polar surface area (TPSA) is 92.5 Å². The number of carboxylic acids is 1. The molecule has 0 aromatic heterocycles. The van der Waals surface area contributed by atoms with Crippen LogP contribution in [-0.2, 0) is 11.2 Å². The maximum atomic E-state index is 10.4. The number of aliphatic carboxylic acids is 1. The van der Waals surface area contributed by atoms with Gasteiger partial charge in [0.05, 0.1) is 10.3 Å². The second kappa shape index (κ2) is 5.69. The van der Waals surface area contributed by atoms with Crippen LogP contribution in [0.4, 0.5) is 11.4 Å². The molecule has 1 aromatic carbocycles. The van der Waals surface area contributed by atoms with Gasteiger partial charge < -0.3 is 10.4 Å². The van der Waals surface area contributed by atoms with Crippen molar-refractivity contribution in [2.75, 3.05) is 11.9 Å². The quantitative estimate of drug-likeness (QED) is 0.602. The van der Waals surface area contributed by atoms with Crippen molar-refractivity contribution in [3.63, 3.8) is 0 Å². The van der Waals surface area contributed by atoms with Crippen LogP contribution in [0.15, 0.2) is 18.2 Å². The molecule has 0 fully saturated rings. The number of carbonyl (C=O) groups is 1. The third-order valence-electron chi connectivity index (χ3n) is 2.65. The average molecular weight is 266 g/mol. The largest absolute Gasteiger partial charge is 0.481 e. The second-order valence-electron chi connectivity index (χ2n) is 5.33. The van der Waals surface area contributed by atoms with Crippen LogP contribution < -0.4 is 5.32 Å². The lowest BCUT2D eigenvalue weighted by molar-refractivity contribution is -0.384. The third kappa shape index (κ3) is 4.24. The van der Waals surface area contributed by atoms with Crippen LogP contribution in [-0.4, -0.2) is 22.5 Å². The number of carboxylic acid groups (broad SMARTS) is 1. The molecule has 1 aliphatic rings. The van der Waals surface area contributed by atoms with Gasteiger partial charge >= 0.3 is 5.97 Å². The summed E-state index contributed by atoms with van der Waals surface area (Å²) in [6, 6.07) is 4.92. The molecule has 0 radical (unpaired) electrons. The monoisotopic (exact) mass is 266 g/mol. The van der Waals surface area contributed by atoms with Crippen molar-refractivity contribution in [1.29, 1.82) is 0 Å². The summed E-state index contributed by atoms with van der Waals surface area (Å²) in [5, 5.41) is 21.8. The number of nitrogens with zero attached hydrogens (tertiary/aromatic N) is 1. The number of fused-ring (bicyclic) bond motifs is 1. The number of non-ortho nitro benzene ring substituents is 1. The van der Waals surface area contributed by atoms with E-state index in [1.54, 1.807) is 32.9 Å². The van der Waals surface area contributed by atoms with Gasteiger partial charge in [-0.25, -0.2) is 0 Å². The van der Waals surface area contributed by atoms with Gasteiger partial charge in [0, 0.05) is 24.4 Å². The van der Waals surface area contributed by atoms with E-state index >= 15 is 0 Å². The van der Waals surface area contributed by atoms with Gasteiger partial charge in [-0.1, -0.05) is 0 Å². The first kappa shape index (κ1) is 14.9. The fraction of sp³-hybridized carbons (Fsp3) is 0.462. The van der Waals surface area contributed by atoms with Gasteiger partial charge in [0.25, 0.3) is 5.69 Å². The molecule has 1 aromatic rings. The normalized spacial score (nSPS) is 12.8. The Morgan fingerprint density at radius 1 is 1.42 bits per heavy atom. The Morgan fingerprint density at radius 3 is 2.47 bits per heavy atom. The van der Waals surface area contributed by atoms with E-state index in [-0.39, 0.29) is 10.6 Å². The lowest BCUT2D eigenvalue weighted by Gasteiger charge is -2.08. The molecule has 6 nitrogen and oxygen atoms in total. The molecule has 1 heterocycles. The van der Waals surface area contributed by atoms with Crippen molar-refractivity contribution < 1.29 is 14.8 Å². The van der Waals surface area contributed by atoms with E-state index in [9.17, 15) is 14.9 Å². The van der Waals surface area contributed by atoms with Crippen LogP contribution in [0.5, 0.6) is 0 Å². The number of nitro groups is 1. The zero-order chi connectivity index (χ0) is 14.6. The summed E-state index contributed by atoms with van der Waals surface area (Å²) in [5.74, 6) is -0.757. The summed E-state index contributed by atoms with van der Waals surface area (Å²) in [4.78, 5) is 20.0. The predicted octanol–water partition coefficient (Wildman–Crippen LogP) is 2.68. The molecule has 0 unspecified atom stereocenters. The predicted molar refractivity (Wildman–Crippen MR) is 72.4 cm³/mol. The number of hydrogen-bond donors (Lipinski definition) is 2. The Morgan fingerprint density at radius 2 is 2.00 bits per heavy atom. The van der Waals surface area contributed by atoms with E-state index < -0.39 is 11.4 Å². The molecule has 0 aliphatic carbocycles. The second-order valence-corrected chi connectivity index (χ2v) is 5.33. The molecular weight excluding hydrogens is 248 g/mol. The summed E-state index contributed by atoms with van der Waals surface area (Å²) in [6.45, 7) is 5.87. The highest BCUT2D eigenvalue weighted by Gasteiger charge is 2.18. The minimum Gasteiger partial charge on any atom is -0.481 e. The first-order valence-corrected chi connectivity index (χ1v) is 5.96. The highest BCUT2D eigenvalue weighted by molar-refractivity contribution is 5.72. The molecule has 0 atom stereocenters. The number of hydrogen-bond acceptors (Lipinski definition) is 4. The molecule has 0 amide bonds. The summed E-state index contributed by atoms with van der Waals surface area (Å²) < 4.78 is 0. The lowest BCUT2D eigenvalue weighted by Crippen LogP contribution is -2.18. The molecule has 2 rings (SSSR count). The van der Waals surface area contributed by atoms with E-state index in [2.05, 4.69) is 5.32 Å². The van der Waals surface area contributed by atoms with Crippen molar-refractivity contribution in [1.82, 2.24) is 0 Å². The molecule has 0 bridgehead atoms. The van der Waals surface area contributed by atoms with Crippen LogP contribution in [0, 0.1) is 15.5 Å². The number of benzene rings is 1. The maximum absolute atomic E-state index is 10.4. The maximum Gasteiger partial charge on any atom is 0.308 e. The van der Waals surface area contributed by atoms with Gasteiger partial charge in [-0.2, -0.15) is 0 Å². The number of anilines is 1. The SMILES string of the molecule is CC(C)(C)C(=O)O.O=[N+]([O-])c1ccc2c(c1)CCN2. The Labute approximate surface area is 111 Å². The van der Waals surface area contributed by atoms with Gasteiger partial charge in [-0.15, -0.1) is 0 Å². The van der Waals surface area contributed by atoms with Crippen molar-refractivity contribution in [2.24, 2.45) is 5.41 Å². The van der Waals surface area contributed by atoms with Gasteiger partial charge in [0.15, 0.2) is 0 Å². The van der Waals surface area contributed by atoms with E-state index in [0.29, 0.717) is 0 Å². The number of nitrogens with one attached hydrogen (secondary N) is 1. The first-order chi connectivity index (χ1) is 8.71. The zero-order valence-electron chi connectivity index (χ0n) is 11.3. The van der Waals surface area contributed by atoms with Crippen LogP contribution in [0.2, 0.25) is 0 Å². The van der Waals surface area contributed by atoms with Crippen molar-refractivity contribution in [3.8, 4) is 0 Å². The minimum absolute atomic E-state index is 0.178. The third-order valence-corrected chi connectivity index (χ3v) is 2.65. The Bertz CT molecular complexity index is 492. The molecule has 0 saturated heterocycles. The molecule has 6 heteroatoms. The molecule has 0 spiro atoms. The highest BCUT2D eigenvalue weighted by atomic mass is 16.6. The summed E-state index contributed by atoms with van der Waals surface area (Å²) in [5.41, 5.74) is 1.67. The van der Waals surface area contributed by atoms with Gasteiger partial charge in [-0.05, 0) is 38.8 Å². The van der Waals surface area contributed by atoms with Crippen molar-refractivity contribution in [3.05, 3.63) is 33.9 Å². The Kier molecular flexibility index (Phi) is 4.47. The van der Waals surface area contributed by atoms with Gasteiger partial charge in [0.1, 0.15) is 0 Å².